The van der Waals surface area contributed by atoms with Gasteiger partial charge in [-0.25, -0.2) is 0 Å². The highest BCUT2D eigenvalue weighted by molar-refractivity contribution is 9.10. The monoisotopic (exact) mass is 450 g/mol. The van der Waals surface area contributed by atoms with Crippen molar-refractivity contribution in [2.75, 3.05) is 54.6 Å². The van der Waals surface area contributed by atoms with Crippen LogP contribution >= 0.6 is 15.9 Å². The summed E-state index contributed by atoms with van der Waals surface area (Å²) in [6, 6.07) is 10.1. The van der Waals surface area contributed by atoms with Gasteiger partial charge in [0.25, 0.3) is 0 Å². The lowest BCUT2D eigenvalue weighted by atomic mass is 9.95. The third kappa shape index (κ3) is 4.21. The molecule has 2 aromatic rings. The summed E-state index contributed by atoms with van der Waals surface area (Å²) < 4.78 is 23.0. The van der Waals surface area contributed by atoms with Crippen molar-refractivity contribution in [2.45, 2.75) is 6.04 Å². The highest BCUT2D eigenvalue weighted by atomic mass is 79.9. The fourth-order valence-corrected chi connectivity index (χ4v) is 4.17. The zero-order valence-electron chi connectivity index (χ0n) is 16.8. The van der Waals surface area contributed by atoms with Gasteiger partial charge >= 0.3 is 0 Å². The van der Waals surface area contributed by atoms with Gasteiger partial charge in [-0.15, -0.1) is 0 Å². The Kier molecular flexibility index (Phi) is 7.04. The van der Waals surface area contributed by atoms with E-state index >= 15 is 0 Å². The molecule has 1 atom stereocenters. The van der Waals surface area contributed by atoms with Gasteiger partial charge in [-0.1, -0.05) is 22.0 Å². The molecule has 3 rings (SSSR count). The topological polar surface area (TPSA) is 52.2 Å². The van der Waals surface area contributed by atoms with Gasteiger partial charge in [-0.3, -0.25) is 4.90 Å². The summed E-state index contributed by atoms with van der Waals surface area (Å²) in [4.78, 5) is 2.46. The van der Waals surface area contributed by atoms with Crippen LogP contribution in [0.2, 0.25) is 0 Å². The molecule has 1 N–H and O–H groups in total. The van der Waals surface area contributed by atoms with Crippen molar-refractivity contribution in [1.29, 1.82) is 0 Å². The smallest absolute Gasteiger partial charge is 0.161 e. The Hall–Kier alpha value is -1.96. The second kappa shape index (κ2) is 9.49. The summed E-state index contributed by atoms with van der Waals surface area (Å²) >= 11 is 3.75. The molecule has 7 heteroatoms. The van der Waals surface area contributed by atoms with Crippen LogP contribution < -0.4 is 24.3 Å². The summed E-state index contributed by atoms with van der Waals surface area (Å²) in [6.45, 7) is 3.79. The second-order valence-corrected chi connectivity index (χ2v) is 7.39. The molecule has 0 amide bonds. The van der Waals surface area contributed by atoms with Gasteiger partial charge in [0.05, 0.1) is 34.5 Å². The van der Waals surface area contributed by atoms with Crippen molar-refractivity contribution < 1.29 is 18.9 Å². The fraction of sp³-hybridized carbons (Fsp3) is 0.429. The van der Waals surface area contributed by atoms with Crippen molar-refractivity contribution in [2.24, 2.45) is 0 Å². The summed E-state index contributed by atoms with van der Waals surface area (Å²) in [5.41, 5.74) is 2.25. The number of nitrogens with zero attached hydrogens (tertiary/aromatic N) is 1. The molecular weight excluding hydrogens is 424 g/mol. The minimum Gasteiger partial charge on any atom is -0.493 e. The van der Waals surface area contributed by atoms with E-state index in [0.717, 1.165) is 53.3 Å². The Morgan fingerprint density at radius 2 is 1.39 bits per heavy atom. The largest absolute Gasteiger partial charge is 0.493 e. The molecule has 0 radical (unpaired) electrons. The maximum atomic E-state index is 5.57. The van der Waals surface area contributed by atoms with Crippen LogP contribution in [0.15, 0.2) is 34.8 Å². The van der Waals surface area contributed by atoms with Gasteiger partial charge < -0.3 is 24.3 Å². The zero-order valence-corrected chi connectivity index (χ0v) is 18.3. The maximum absolute atomic E-state index is 5.57. The molecule has 2 aromatic carbocycles. The van der Waals surface area contributed by atoms with E-state index in [1.807, 2.05) is 18.2 Å². The first-order valence-corrected chi connectivity index (χ1v) is 10.00. The minimum atomic E-state index is 0.0380. The summed E-state index contributed by atoms with van der Waals surface area (Å²) in [7, 11) is 6.61. The van der Waals surface area contributed by atoms with Crippen molar-refractivity contribution in [3.63, 3.8) is 0 Å². The standard InChI is InChI=1S/C21H27BrN2O4/c1-25-17-6-5-14(11-18(17)26-2)21(24-9-7-23-8-10-24)15-12-19(27-3)20(28-4)13-16(15)22/h5-6,11-13,21,23H,7-10H2,1-4H3. The first-order valence-electron chi connectivity index (χ1n) is 9.21. The van der Waals surface area contributed by atoms with Gasteiger partial charge in [-0.2, -0.15) is 0 Å². The Labute approximate surface area is 174 Å². The number of methoxy groups -OCH3 is 4. The van der Waals surface area contributed by atoms with E-state index in [9.17, 15) is 0 Å². The zero-order chi connectivity index (χ0) is 20.1. The Morgan fingerprint density at radius 3 is 2.00 bits per heavy atom. The number of ether oxygens (including phenoxy) is 4. The number of nitrogens with one attached hydrogen (secondary N) is 1. The summed E-state index contributed by atoms with van der Waals surface area (Å²) in [6.07, 6.45) is 0. The van der Waals surface area contributed by atoms with E-state index < -0.39 is 0 Å². The SMILES string of the molecule is COc1ccc(C(c2cc(OC)c(OC)cc2Br)N2CCNCC2)cc1OC. The average Bonchev–Trinajstić information content (AvgIpc) is 2.75. The van der Waals surface area contributed by atoms with E-state index in [-0.39, 0.29) is 6.04 Å². The van der Waals surface area contributed by atoms with Gasteiger partial charge in [0.1, 0.15) is 0 Å². The molecule has 1 unspecified atom stereocenters. The molecule has 28 heavy (non-hydrogen) atoms. The van der Waals surface area contributed by atoms with E-state index in [1.165, 1.54) is 0 Å². The summed E-state index contributed by atoms with van der Waals surface area (Å²) in [5.74, 6) is 2.85. The number of hydrogen-bond acceptors (Lipinski definition) is 6. The molecule has 0 aromatic heterocycles. The van der Waals surface area contributed by atoms with Gasteiger partial charge in [0, 0.05) is 30.7 Å². The molecule has 1 heterocycles. The average molecular weight is 451 g/mol. The molecular formula is C21H27BrN2O4. The van der Waals surface area contributed by atoms with Crippen molar-refractivity contribution in [3.05, 3.63) is 45.9 Å². The number of hydrogen-bond donors (Lipinski definition) is 1. The van der Waals surface area contributed by atoms with Crippen LogP contribution in [0.25, 0.3) is 0 Å². The van der Waals surface area contributed by atoms with Crippen molar-refractivity contribution in [1.82, 2.24) is 10.2 Å². The van der Waals surface area contributed by atoms with Gasteiger partial charge in [0.15, 0.2) is 23.0 Å². The van der Waals surface area contributed by atoms with E-state index in [1.54, 1.807) is 28.4 Å². The highest BCUT2D eigenvalue weighted by Crippen LogP contribution is 2.42. The molecule has 1 saturated heterocycles. The molecule has 152 valence electrons. The van der Waals surface area contributed by atoms with Crippen LogP contribution in [0.3, 0.4) is 0 Å². The lowest BCUT2D eigenvalue weighted by molar-refractivity contribution is 0.197. The first-order chi connectivity index (χ1) is 13.6. The molecule has 0 spiro atoms. The fourth-order valence-electron chi connectivity index (χ4n) is 3.63. The Morgan fingerprint density at radius 1 is 0.821 bits per heavy atom. The molecule has 0 saturated carbocycles. The van der Waals surface area contributed by atoms with Crippen molar-refractivity contribution >= 4 is 15.9 Å². The molecule has 1 fully saturated rings. The molecule has 1 aliphatic heterocycles. The van der Waals surface area contributed by atoms with Crippen molar-refractivity contribution in [3.8, 4) is 23.0 Å². The lowest BCUT2D eigenvalue weighted by Crippen LogP contribution is -2.45. The Balaban J connectivity index is 2.13. The quantitative estimate of drug-likeness (QED) is 0.696. The minimum absolute atomic E-state index is 0.0380. The first kappa shape index (κ1) is 20.8. The third-order valence-electron chi connectivity index (χ3n) is 5.04. The second-order valence-electron chi connectivity index (χ2n) is 6.53. The van der Waals surface area contributed by atoms with Gasteiger partial charge in [0.2, 0.25) is 0 Å². The van der Waals surface area contributed by atoms with Crippen LogP contribution in [0.4, 0.5) is 0 Å². The normalized spacial score (nSPS) is 15.8. The van der Waals surface area contributed by atoms with Gasteiger partial charge in [-0.05, 0) is 35.4 Å². The van der Waals surface area contributed by atoms with Crippen LogP contribution in [0.1, 0.15) is 17.2 Å². The molecule has 0 bridgehead atoms. The van der Waals surface area contributed by atoms with E-state index in [4.69, 9.17) is 18.9 Å². The molecule has 6 nitrogen and oxygen atoms in total. The number of benzene rings is 2. The van der Waals surface area contributed by atoms with Crippen LogP contribution in [-0.2, 0) is 0 Å². The van der Waals surface area contributed by atoms with E-state index in [2.05, 4.69) is 38.3 Å². The highest BCUT2D eigenvalue weighted by Gasteiger charge is 2.28. The summed E-state index contributed by atoms with van der Waals surface area (Å²) in [5, 5.41) is 3.43. The predicted molar refractivity (Wildman–Crippen MR) is 113 cm³/mol. The Bertz CT molecular complexity index is 809. The van der Waals surface area contributed by atoms with Crippen LogP contribution in [0.5, 0.6) is 23.0 Å². The van der Waals surface area contributed by atoms with E-state index in [0.29, 0.717) is 11.5 Å². The predicted octanol–water partition coefficient (Wildman–Crippen LogP) is 3.48. The molecule has 0 aliphatic carbocycles. The maximum Gasteiger partial charge on any atom is 0.161 e. The van der Waals surface area contributed by atoms with Crippen LogP contribution in [-0.4, -0.2) is 59.5 Å². The number of rotatable bonds is 7. The third-order valence-corrected chi connectivity index (χ3v) is 5.72. The number of halogens is 1. The van der Waals surface area contributed by atoms with Crippen LogP contribution in [0, 0.1) is 0 Å². The number of piperazine rings is 1. The molecule has 1 aliphatic rings. The lowest BCUT2D eigenvalue weighted by Gasteiger charge is -2.36.